The summed E-state index contributed by atoms with van der Waals surface area (Å²) in [6.45, 7) is 1.98. The summed E-state index contributed by atoms with van der Waals surface area (Å²) >= 11 is 0. The average Bonchev–Trinajstić information content (AvgIpc) is 2.70. The number of aliphatic hydroxyl groups is 1. The zero-order valence-electron chi connectivity index (χ0n) is 9.64. The van der Waals surface area contributed by atoms with Crippen molar-refractivity contribution in [2.24, 2.45) is 0 Å². The molecule has 3 rings (SSSR count). The van der Waals surface area contributed by atoms with Crippen LogP contribution >= 0.6 is 0 Å². The summed E-state index contributed by atoms with van der Waals surface area (Å²) in [6.07, 6.45) is 2.07. The molecule has 2 N–H and O–H groups in total. The quantitative estimate of drug-likeness (QED) is 0.784. The first-order valence-corrected chi connectivity index (χ1v) is 5.73. The van der Waals surface area contributed by atoms with Crippen molar-refractivity contribution in [3.05, 3.63) is 47.8 Å². The maximum absolute atomic E-state index is 9.64. The average molecular weight is 226 g/mol. The van der Waals surface area contributed by atoms with Crippen molar-refractivity contribution in [3.63, 3.8) is 0 Å². The standard InChI is InChI=1S/C14H14N2O/c1-9-5-6-10(8-15-9)11-3-2-4-13-12(11)7-14(17)16-13/h2-6,8,14,16-17H,7H2,1H3. The van der Waals surface area contributed by atoms with E-state index in [9.17, 15) is 5.11 Å². The number of fused-ring (bicyclic) bond motifs is 1. The van der Waals surface area contributed by atoms with Crippen LogP contribution in [0.4, 0.5) is 5.69 Å². The highest BCUT2D eigenvalue weighted by molar-refractivity contribution is 5.75. The molecular weight excluding hydrogens is 212 g/mol. The monoisotopic (exact) mass is 226 g/mol. The predicted molar refractivity (Wildman–Crippen MR) is 67.7 cm³/mol. The van der Waals surface area contributed by atoms with Gasteiger partial charge < -0.3 is 10.4 Å². The molecule has 0 fully saturated rings. The first-order chi connectivity index (χ1) is 8.24. The number of aryl methyl sites for hydroxylation is 1. The molecule has 2 aromatic rings. The largest absolute Gasteiger partial charge is 0.373 e. The number of rotatable bonds is 1. The molecule has 1 aliphatic rings. The Balaban J connectivity index is 2.10. The summed E-state index contributed by atoms with van der Waals surface area (Å²) in [5.41, 5.74) is 5.46. The summed E-state index contributed by atoms with van der Waals surface area (Å²) in [5, 5.41) is 12.7. The summed E-state index contributed by atoms with van der Waals surface area (Å²) < 4.78 is 0. The molecule has 0 spiro atoms. The lowest BCUT2D eigenvalue weighted by Gasteiger charge is -2.07. The minimum absolute atomic E-state index is 0.468. The SMILES string of the molecule is Cc1ccc(-c2cccc3c2CC(O)N3)cn1. The van der Waals surface area contributed by atoms with Crippen LogP contribution in [0.25, 0.3) is 11.1 Å². The van der Waals surface area contributed by atoms with Gasteiger partial charge >= 0.3 is 0 Å². The van der Waals surface area contributed by atoms with Gasteiger partial charge in [0.15, 0.2) is 0 Å². The van der Waals surface area contributed by atoms with E-state index in [1.54, 1.807) is 0 Å². The van der Waals surface area contributed by atoms with Gasteiger partial charge in [0.05, 0.1) is 0 Å². The Morgan fingerprint density at radius 1 is 1.29 bits per heavy atom. The fourth-order valence-electron chi connectivity index (χ4n) is 2.26. The molecule has 1 atom stereocenters. The Hall–Kier alpha value is -1.87. The zero-order valence-corrected chi connectivity index (χ0v) is 9.64. The maximum Gasteiger partial charge on any atom is 0.128 e. The van der Waals surface area contributed by atoms with Crippen LogP contribution in [0.1, 0.15) is 11.3 Å². The van der Waals surface area contributed by atoms with E-state index in [1.807, 2.05) is 31.3 Å². The lowest BCUT2D eigenvalue weighted by atomic mass is 9.99. The van der Waals surface area contributed by atoms with Crippen molar-refractivity contribution < 1.29 is 5.11 Å². The first-order valence-electron chi connectivity index (χ1n) is 5.73. The van der Waals surface area contributed by atoms with Crippen LogP contribution in [-0.4, -0.2) is 16.3 Å². The number of hydrogen-bond donors (Lipinski definition) is 2. The Morgan fingerprint density at radius 2 is 2.18 bits per heavy atom. The van der Waals surface area contributed by atoms with E-state index in [2.05, 4.69) is 22.4 Å². The van der Waals surface area contributed by atoms with Crippen molar-refractivity contribution in [2.45, 2.75) is 19.6 Å². The van der Waals surface area contributed by atoms with E-state index in [1.165, 1.54) is 5.56 Å². The maximum atomic E-state index is 9.64. The number of anilines is 1. The minimum atomic E-state index is -0.468. The van der Waals surface area contributed by atoms with Crippen LogP contribution in [0.5, 0.6) is 0 Å². The molecule has 0 saturated carbocycles. The normalized spacial score (nSPS) is 17.6. The smallest absolute Gasteiger partial charge is 0.128 e. The second-order valence-electron chi connectivity index (χ2n) is 4.38. The summed E-state index contributed by atoms with van der Waals surface area (Å²) in [4.78, 5) is 4.32. The molecule has 0 aliphatic carbocycles. The van der Waals surface area contributed by atoms with Gasteiger partial charge in [-0.25, -0.2) is 0 Å². The Labute approximate surface area is 100 Å². The second kappa shape index (κ2) is 3.86. The Bertz CT molecular complexity index is 549. The molecule has 0 radical (unpaired) electrons. The van der Waals surface area contributed by atoms with Crippen LogP contribution in [0.15, 0.2) is 36.5 Å². The topological polar surface area (TPSA) is 45.1 Å². The highest BCUT2D eigenvalue weighted by atomic mass is 16.3. The van der Waals surface area contributed by atoms with Crippen molar-refractivity contribution in [1.82, 2.24) is 4.98 Å². The Morgan fingerprint density at radius 3 is 2.94 bits per heavy atom. The van der Waals surface area contributed by atoms with Gasteiger partial charge in [-0.15, -0.1) is 0 Å². The molecule has 3 nitrogen and oxygen atoms in total. The van der Waals surface area contributed by atoms with Crippen molar-refractivity contribution in [2.75, 3.05) is 5.32 Å². The second-order valence-corrected chi connectivity index (χ2v) is 4.38. The lowest BCUT2D eigenvalue weighted by Crippen LogP contribution is -2.12. The third kappa shape index (κ3) is 1.78. The molecule has 3 heteroatoms. The van der Waals surface area contributed by atoms with Gasteiger partial charge in [0.25, 0.3) is 0 Å². The molecule has 0 bridgehead atoms. The highest BCUT2D eigenvalue weighted by Crippen LogP contribution is 2.34. The van der Waals surface area contributed by atoms with Crippen molar-refractivity contribution in [1.29, 1.82) is 0 Å². The van der Waals surface area contributed by atoms with Crippen LogP contribution in [0.3, 0.4) is 0 Å². The molecule has 1 aromatic heterocycles. The van der Waals surface area contributed by atoms with Crippen molar-refractivity contribution >= 4 is 5.69 Å². The summed E-state index contributed by atoms with van der Waals surface area (Å²) in [6, 6.07) is 10.1. The van der Waals surface area contributed by atoms with Crippen molar-refractivity contribution in [3.8, 4) is 11.1 Å². The third-order valence-electron chi connectivity index (χ3n) is 3.12. The van der Waals surface area contributed by atoms with Gasteiger partial charge in [-0.05, 0) is 30.2 Å². The number of aliphatic hydroxyl groups excluding tert-OH is 1. The molecule has 0 saturated heterocycles. The molecule has 0 amide bonds. The predicted octanol–water partition coefficient (Wildman–Crippen LogP) is 2.34. The van der Waals surface area contributed by atoms with Gasteiger partial charge in [-0.2, -0.15) is 0 Å². The first kappa shape index (κ1) is 10.3. The van der Waals surface area contributed by atoms with Crippen LogP contribution in [-0.2, 0) is 6.42 Å². The summed E-state index contributed by atoms with van der Waals surface area (Å²) in [7, 11) is 0. The van der Waals surface area contributed by atoms with Gasteiger partial charge in [-0.3, -0.25) is 4.98 Å². The van der Waals surface area contributed by atoms with Crippen LogP contribution in [0.2, 0.25) is 0 Å². The van der Waals surface area contributed by atoms with E-state index in [4.69, 9.17) is 0 Å². The van der Waals surface area contributed by atoms with Crippen LogP contribution < -0.4 is 5.32 Å². The molecule has 1 unspecified atom stereocenters. The minimum Gasteiger partial charge on any atom is -0.373 e. The number of nitrogens with zero attached hydrogens (tertiary/aromatic N) is 1. The van der Waals surface area contributed by atoms with E-state index in [-0.39, 0.29) is 0 Å². The number of aromatic nitrogens is 1. The lowest BCUT2D eigenvalue weighted by molar-refractivity contribution is 0.212. The van der Waals surface area contributed by atoms with Crippen LogP contribution in [0, 0.1) is 6.92 Å². The molecular formula is C14H14N2O. The molecule has 17 heavy (non-hydrogen) atoms. The fraction of sp³-hybridized carbons (Fsp3) is 0.214. The van der Waals surface area contributed by atoms with Gasteiger partial charge in [0, 0.05) is 29.6 Å². The van der Waals surface area contributed by atoms with E-state index < -0.39 is 6.23 Å². The molecule has 86 valence electrons. The van der Waals surface area contributed by atoms with Gasteiger partial charge in [0.2, 0.25) is 0 Å². The van der Waals surface area contributed by atoms with E-state index in [0.717, 1.165) is 22.5 Å². The number of pyridine rings is 1. The van der Waals surface area contributed by atoms with E-state index in [0.29, 0.717) is 6.42 Å². The molecule has 1 aromatic carbocycles. The third-order valence-corrected chi connectivity index (χ3v) is 3.12. The molecule has 2 heterocycles. The molecule has 1 aliphatic heterocycles. The zero-order chi connectivity index (χ0) is 11.8. The number of benzene rings is 1. The van der Waals surface area contributed by atoms with E-state index >= 15 is 0 Å². The van der Waals surface area contributed by atoms with Gasteiger partial charge in [0.1, 0.15) is 6.23 Å². The summed E-state index contributed by atoms with van der Waals surface area (Å²) in [5.74, 6) is 0. The highest BCUT2D eigenvalue weighted by Gasteiger charge is 2.21. The number of nitrogens with one attached hydrogen (secondary N) is 1. The Kier molecular flexibility index (Phi) is 2.34. The number of hydrogen-bond acceptors (Lipinski definition) is 3. The fourth-order valence-corrected chi connectivity index (χ4v) is 2.26. The van der Waals surface area contributed by atoms with Gasteiger partial charge in [-0.1, -0.05) is 18.2 Å².